The van der Waals surface area contributed by atoms with Gasteiger partial charge in [0.1, 0.15) is 5.54 Å². The Balaban J connectivity index is 5.35. The molecule has 14 heavy (non-hydrogen) atoms. The summed E-state index contributed by atoms with van der Waals surface area (Å²) >= 11 is 0. The van der Waals surface area contributed by atoms with Crippen molar-refractivity contribution in [1.29, 1.82) is 0 Å². The van der Waals surface area contributed by atoms with Gasteiger partial charge < -0.3 is 25.7 Å². The maximum atomic E-state index is 10.7. The fourth-order valence-corrected chi connectivity index (χ4v) is 1.96. The van der Waals surface area contributed by atoms with Crippen molar-refractivity contribution >= 4 is 19.5 Å². The first-order valence-corrected chi connectivity index (χ1v) is 4.99. The summed E-state index contributed by atoms with van der Waals surface area (Å²) in [5, 5.41) is 17.0. The first kappa shape index (κ1) is 13.1. The lowest BCUT2D eigenvalue weighted by atomic mass is 9.99. The van der Waals surface area contributed by atoms with Crippen LogP contribution < -0.4 is 5.73 Å². The average Bonchev–Trinajstić information content (AvgIpc) is 1.79. The molecule has 0 rings (SSSR count). The summed E-state index contributed by atoms with van der Waals surface area (Å²) in [7, 11) is -5.11. The quantitative estimate of drug-likeness (QED) is 0.360. The van der Waals surface area contributed by atoms with Gasteiger partial charge in [-0.15, -0.1) is 0 Å². The van der Waals surface area contributed by atoms with Gasteiger partial charge in [0, 0.05) is 0 Å². The maximum Gasteiger partial charge on any atom is 0.342 e. The molecule has 0 aliphatic rings. The average molecular weight is 227 g/mol. The predicted octanol–water partition coefficient (Wildman–Crippen LogP) is -1.58. The molecule has 0 heterocycles. The monoisotopic (exact) mass is 227 g/mol. The highest BCUT2D eigenvalue weighted by Gasteiger charge is 2.52. The van der Waals surface area contributed by atoms with Crippen LogP contribution in [0.5, 0.6) is 0 Å². The van der Waals surface area contributed by atoms with Gasteiger partial charge in [-0.3, -0.25) is 14.2 Å². The number of nitrogens with two attached hydrogens (primary N) is 1. The van der Waals surface area contributed by atoms with Crippen molar-refractivity contribution in [3.8, 4) is 0 Å². The molecule has 0 spiro atoms. The number of hydrogen-bond acceptors (Lipinski definition) is 4. The minimum absolute atomic E-state index is 0.729. The Labute approximate surface area is 78.5 Å². The number of carbonyl (C=O) groups is 2. The van der Waals surface area contributed by atoms with Crippen LogP contribution in [0.4, 0.5) is 0 Å². The Bertz CT molecular complexity index is 305. The second kappa shape index (κ2) is 3.66. The zero-order valence-corrected chi connectivity index (χ0v) is 8.01. The van der Waals surface area contributed by atoms with E-state index < -0.39 is 30.7 Å². The lowest BCUT2D eigenvalue weighted by molar-refractivity contribution is -0.149. The molecule has 0 radical (unpaired) electrons. The highest BCUT2D eigenvalue weighted by Crippen LogP contribution is 2.45. The molecule has 6 N–H and O–H groups in total. The van der Waals surface area contributed by atoms with Gasteiger partial charge in [-0.1, -0.05) is 0 Å². The fourth-order valence-electron chi connectivity index (χ4n) is 0.867. The van der Waals surface area contributed by atoms with Crippen LogP contribution in [0.15, 0.2) is 0 Å². The minimum Gasteiger partial charge on any atom is -0.480 e. The number of hydrogen-bond donors (Lipinski definition) is 5. The molecule has 2 atom stereocenters. The fraction of sp³-hybridized carbons (Fsp3) is 0.600. The van der Waals surface area contributed by atoms with Gasteiger partial charge in [0.15, 0.2) is 5.66 Å². The molecule has 0 aliphatic heterocycles. The van der Waals surface area contributed by atoms with Gasteiger partial charge in [-0.05, 0) is 6.92 Å². The van der Waals surface area contributed by atoms with E-state index in [-0.39, 0.29) is 0 Å². The van der Waals surface area contributed by atoms with Crippen LogP contribution in [0, 0.1) is 0 Å². The van der Waals surface area contributed by atoms with E-state index in [4.69, 9.17) is 25.7 Å². The largest absolute Gasteiger partial charge is 0.480 e. The molecule has 0 aromatic rings. The number of rotatable bonds is 4. The summed E-state index contributed by atoms with van der Waals surface area (Å²) < 4.78 is 10.7. The summed E-state index contributed by atoms with van der Waals surface area (Å²) in [5.74, 6) is -3.75. The van der Waals surface area contributed by atoms with Gasteiger partial charge in [-0.2, -0.15) is 0 Å². The first-order valence-electron chi connectivity index (χ1n) is 3.31. The van der Waals surface area contributed by atoms with E-state index in [0.29, 0.717) is 0 Å². The zero-order chi connectivity index (χ0) is 11.7. The van der Waals surface area contributed by atoms with Gasteiger partial charge in [0.2, 0.25) is 0 Å². The van der Waals surface area contributed by atoms with Gasteiger partial charge in [0.25, 0.3) is 0 Å². The second-order valence-corrected chi connectivity index (χ2v) is 4.61. The topological polar surface area (TPSA) is 158 Å². The number of aliphatic carboxylic acids is 2. The van der Waals surface area contributed by atoms with E-state index in [0.717, 1.165) is 6.92 Å². The predicted molar refractivity (Wildman–Crippen MR) is 43.7 cm³/mol. The lowest BCUT2D eigenvalue weighted by Gasteiger charge is -2.26. The van der Waals surface area contributed by atoms with Crippen molar-refractivity contribution in [3.05, 3.63) is 0 Å². The molecule has 0 fully saturated rings. The van der Waals surface area contributed by atoms with Crippen LogP contribution in [0.25, 0.3) is 0 Å². The second-order valence-electron chi connectivity index (χ2n) is 2.92. The molecule has 0 bridgehead atoms. The maximum absolute atomic E-state index is 10.7. The molecule has 0 saturated heterocycles. The van der Waals surface area contributed by atoms with Crippen molar-refractivity contribution < 1.29 is 34.2 Å². The third-order valence-corrected chi connectivity index (χ3v) is 3.03. The van der Waals surface area contributed by atoms with E-state index in [1.807, 2.05) is 0 Å². The van der Waals surface area contributed by atoms with Crippen LogP contribution in [0.2, 0.25) is 0 Å². The molecule has 82 valence electrons. The van der Waals surface area contributed by atoms with Crippen molar-refractivity contribution in [2.24, 2.45) is 5.73 Å². The molecule has 8 nitrogen and oxygen atoms in total. The SMILES string of the molecule is CC(N)(C(=O)O)C(C(=O)O)P(=O)(O)O. The van der Waals surface area contributed by atoms with E-state index >= 15 is 0 Å². The smallest absolute Gasteiger partial charge is 0.342 e. The van der Waals surface area contributed by atoms with Crippen molar-refractivity contribution in [2.75, 3.05) is 0 Å². The summed E-state index contributed by atoms with van der Waals surface area (Å²) in [5.41, 5.74) is 0.0300. The highest BCUT2D eigenvalue weighted by molar-refractivity contribution is 7.53. The molecule has 0 amide bonds. The Morgan fingerprint density at radius 1 is 1.36 bits per heavy atom. The van der Waals surface area contributed by atoms with Gasteiger partial charge in [0.05, 0.1) is 0 Å². The van der Waals surface area contributed by atoms with Crippen molar-refractivity contribution in [1.82, 2.24) is 0 Å². The van der Waals surface area contributed by atoms with Crippen LogP contribution in [0.1, 0.15) is 6.92 Å². The van der Waals surface area contributed by atoms with E-state index in [2.05, 4.69) is 0 Å². The minimum atomic E-state index is -5.11. The number of carboxylic acids is 2. The first-order chi connectivity index (χ1) is 6.01. The molecular weight excluding hydrogens is 217 g/mol. The molecule has 0 aromatic heterocycles. The van der Waals surface area contributed by atoms with E-state index in [1.165, 1.54) is 0 Å². The third kappa shape index (κ3) is 2.52. The Kier molecular flexibility index (Phi) is 3.41. The molecular formula is C5H10NO7P. The Morgan fingerprint density at radius 2 is 1.71 bits per heavy atom. The van der Waals surface area contributed by atoms with Gasteiger partial charge >= 0.3 is 19.5 Å². The van der Waals surface area contributed by atoms with Crippen LogP contribution in [-0.2, 0) is 14.2 Å². The van der Waals surface area contributed by atoms with Crippen molar-refractivity contribution in [2.45, 2.75) is 18.1 Å². The lowest BCUT2D eigenvalue weighted by Crippen LogP contribution is -2.57. The van der Waals surface area contributed by atoms with E-state index in [1.54, 1.807) is 0 Å². The zero-order valence-electron chi connectivity index (χ0n) is 7.12. The molecule has 0 aromatic carbocycles. The Morgan fingerprint density at radius 3 is 1.79 bits per heavy atom. The molecule has 0 aliphatic carbocycles. The van der Waals surface area contributed by atoms with Crippen molar-refractivity contribution in [3.63, 3.8) is 0 Å². The summed E-state index contributed by atoms with van der Waals surface area (Å²) in [6.45, 7) is 0.729. The standard InChI is InChI=1S/C5H10NO7P/c1-5(6,4(9)10)2(3(7)8)14(11,12)13/h2H,6H2,1H3,(H,7,8)(H,9,10)(H2,11,12,13). The Hall–Kier alpha value is -0.950. The third-order valence-electron chi connectivity index (χ3n) is 1.60. The van der Waals surface area contributed by atoms with Crippen LogP contribution in [0.3, 0.4) is 0 Å². The number of carboxylic acid groups (broad SMARTS) is 2. The molecule has 0 saturated carbocycles. The normalized spacial score (nSPS) is 18.3. The highest BCUT2D eigenvalue weighted by atomic mass is 31.2. The molecule has 9 heteroatoms. The van der Waals surface area contributed by atoms with Crippen LogP contribution >= 0.6 is 7.60 Å². The van der Waals surface area contributed by atoms with Crippen LogP contribution in [-0.4, -0.2) is 43.1 Å². The summed E-state index contributed by atoms with van der Waals surface area (Å²) in [4.78, 5) is 38.2. The molecule has 2 unspecified atom stereocenters. The summed E-state index contributed by atoms with van der Waals surface area (Å²) in [6.07, 6.45) is 0. The van der Waals surface area contributed by atoms with Gasteiger partial charge in [-0.25, -0.2) is 0 Å². The van der Waals surface area contributed by atoms with E-state index in [9.17, 15) is 14.2 Å². The summed E-state index contributed by atoms with van der Waals surface area (Å²) in [6, 6.07) is 0.